The van der Waals surface area contributed by atoms with Crippen molar-refractivity contribution in [2.75, 3.05) is 26.2 Å². The molecule has 6 heteroatoms. The van der Waals surface area contributed by atoms with Crippen LogP contribution in [-0.4, -0.2) is 52.1 Å². The smallest absolute Gasteiger partial charge is 0.360 e. The molecule has 0 radical (unpaired) electrons. The van der Waals surface area contributed by atoms with Crippen molar-refractivity contribution in [3.05, 3.63) is 11.4 Å². The molecule has 2 aliphatic rings. The second-order valence-corrected chi connectivity index (χ2v) is 5.94. The molecular formula is C15H24N4O2. The van der Waals surface area contributed by atoms with E-state index in [1.807, 2.05) is 11.6 Å². The largest absolute Gasteiger partial charge is 0.461 e. The fraction of sp³-hybridized carbons (Fsp3) is 0.800. The predicted octanol–water partition coefficient (Wildman–Crippen LogP) is 1.82. The van der Waals surface area contributed by atoms with Gasteiger partial charge >= 0.3 is 5.97 Å². The summed E-state index contributed by atoms with van der Waals surface area (Å²) in [6.45, 7) is 6.59. The van der Waals surface area contributed by atoms with Crippen LogP contribution in [0.1, 0.15) is 61.1 Å². The standard InChI is InChI=1S/C15H24N4O2/c1-2-21-15(20)13-14(12-6-7-12)19(17-16-13)11-5-10-18-8-3-4-9-18/h12H,2-11H2,1H3. The van der Waals surface area contributed by atoms with Gasteiger partial charge in [-0.3, -0.25) is 0 Å². The molecule has 1 aromatic rings. The van der Waals surface area contributed by atoms with Crippen molar-refractivity contribution in [1.29, 1.82) is 0 Å². The van der Waals surface area contributed by atoms with Crippen molar-refractivity contribution in [1.82, 2.24) is 19.9 Å². The number of esters is 1. The molecule has 21 heavy (non-hydrogen) atoms. The summed E-state index contributed by atoms with van der Waals surface area (Å²) < 4.78 is 7.01. The molecule has 0 bridgehead atoms. The summed E-state index contributed by atoms with van der Waals surface area (Å²) in [4.78, 5) is 14.4. The first-order valence-corrected chi connectivity index (χ1v) is 8.12. The number of rotatable bonds is 7. The molecule has 0 atom stereocenters. The third-order valence-corrected chi connectivity index (χ3v) is 4.25. The third-order valence-electron chi connectivity index (χ3n) is 4.25. The molecule has 0 amide bonds. The van der Waals surface area contributed by atoms with Crippen molar-refractivity contribution >= 4 is 5.97 Å². The molecule has 6 nitrogen and oxygen atoms in total. The Morgan fingerprint density at radius 2 is 2.05 bits per heavy atom. The van der Waals surface area contributed by atoms with Crippen LogP contribution < -0.4 is 0 Å². The van der Waals surface area contributed by atoms with E-state index in [-0.39, 0.29) is 5.97 Å². The molecule has 1 saturated carbocycles. The van der Waals surface area contributed by atoms with Crippen LogP contribution in [-0.2, 0) is 11.3 Å². The molecule has 1 aromatic heterocycles. The zero-order valence-corrected chi connectivity index (χ0v) is 12.8. The molecule has 0 spiro atoms. The minimum Gasteiger partial charge on any atom is -0.461 e. The van der Waals surface area contributed by atoms with Gasteiger partial charge in [-0.25, -0.2) is 9.48 Å². The number of carbonyl (C=O) groups excluding carboxylic acids is 1. The number of aromatic nitrogens is 3. The Balaban J connectivity index is 1.62. The number of hydrogen-bond donors (Lipinski definition) is 0. The van der Waals surface area contributed by atoms with Crippen LogP contribution in [0, 0.1) is 0 Å². The van der Waals surface area contributed by atoms with E-state index < -0.39 is 0 Å². The molecule has 2 fully saturated rings. The lowest BCUT2D eigenvalue weighted by molar-refractivity contribution is 0.0518. The molecule has 2 heterocycles. The number of hydrogen-bond acceptors (Lipinski definition) is 5. The summed E-state index contributed by atoms with van der Waals surface area (Å²) in [5.41, 5.74) is 1.43. The van der Waals surface area contributed by atoms with Crippen LogP contribution in [0.25, 0.3) is 0 Å². The molecule has 0 N–H and O–H groups in total. The van der Waals surface area contributed by atoms with Gasteiger partial charge in [0.25, 0.3) is 0 Å². The summed E-state index contributed by atoms with van der Waals surface area (Å²) >= 11 is 0. The highest BCUT2D eigenvalue weighted by molar-refractivity contribution is 5.88. The maximum atomic E-state index is 11.9. The molecule has 1 aliphatic carbocycles. The van der Waals surface area contributed by atoms with Crippen molar-refractivity contribution in [3.63, 3.8) is 0 Å². The third kappa shape index (κ3) is 3.43. The van der Waals surface area contributed by atoms with Gasteiger partial charge < -0.3 is 9.64 Å². The van der Waals surface area contributed by atoms with Crippen LogP contribution in [0.3, 0.4) is 0 Å². The van der Waals surface area contributed by atoms with Gasteiger partial charge in [-0.05, 0) is 58.7 Å². The molecular weight excluding hydrogens is 268 g/mol. The highest BCUT2D eigenvalue weighted by Crippen LogP contribution is 2.41. The lowest BCUT2D eigenvalue weighted by Gasteiger charge is -2.14. The summed E-state index contributed by atoms with van der Waals surface area (Å²) in [6, 6.07) is 0. The van der Waals surface area contributed by atoms with Gasteiger partial charge in [0.1, 0.15) is 0 Å². The number of carbonyl (C=O) groups is 1. The zero-order valence-electron chi connectivity index (χ0n) is 12.8. The van der Waals surface area contributed by atoms with Gasteiger partial charge in [0.05, 0.1) is 12.3 Å². The van der Waals surface area contributed by atoms with Crippen molar-refractivity contribution in [2.45, 2.75) is 51.5 Å². The average molecular weight is 292 g/mol. The van der Waals surface area contributed by atoms with E-state index in [0.717, 1.165) is 38.0 Å². The molecule has 116 valence electrons. The minimum absolute atomic E-state index is 0.329. The van der Waals surface area contributed by atoms with Crippen LogP contribution in [0.5, 0.6) is 0 Å². The molecule has 0 aromatic carbocycles. The van der Waals surface area contributed by atoms with Gasteiger partial charge in [0, 0.05) is 12.5 Å². The first-order chi connectivity index (χ1) is 10.3. The van der Waals surface area contributed by atoms with Crippen molar-refractivity contribution in [2.24, 2.45) is 0 Å². The van der Waals surface area contributed by atoms with E-state index in [1.54, 1.807) is 0 Å². The topological polar surface area (TPSA) is 60.2 Å². The molecule has 1 saturated heterocycles. The quantitative estimate of drug-likeness (QED) is 0.717. The van der Waals surface area contributed by atoms with Crippen LogP contribution in [0.4, 0.5) is 0 Å². The van der Waals surface area contributed by atoms with E-state index in [4.69, 9.17) is 4.74 Å². The molecule has 0 unspecified atom stereocenters. The van der Waals surface area contributed by atoms with Gasteiger partial charge in [0.2, 0.25) is 0 Å². The zero-order chi connectivity index (χ0) is 14.7. The van der Waals surface area contributed by atoms with Crippen LogP contribution in [0.2, 0.25) is 0 Å². The maximum Gasteiger partial charge on any atom is 0.360 e. The van der Waals surface area contributed by atoms with Crippen LogP contribution >= 0.6 is 0 Å². The SMILES string of the molecule is CCOC(=O)c1nnn(CCCN2CCCC2)c1C1CC1. The lowest BCUT2D eigenvalue weighted by atomic mass is 10.2. The van der Waals surface area contributed by atoms with Crippen molar-refractivity contribution < 1.29 is 9.53 Å². The Kier molecular flexibility index (Phi) is 4.53. The Hall–Kier alpha value is -1.43. The van der Waals surface area contributed by atoms with Gasteiger partial charge in [-0.15, -0.1) is 5.10 Å². The summed E-state index contributed by atoms with van der Waals surface area (Å²) in [7, 11) is 0. The number of aryl methyl sites for hydroxylation is 1. The maximum absolute atomic E-state index is 11.9. The van der Waals surface area contributed by atoms with E-state index >= 15 is 0 Å². The number of nitrogens with zero attached hydrogens (tertiary/aromatic N) is 4. The molecule has 1 aliphatic heterocycles. The fourth-order valence-corrected chi connectivity index (χ4v) is 3.04. The van der Waals surface area contributed by atoms with Crippen LogP contribution in [0.15, 0.2) is 0 Å². The highest BCUT2D eigenvalue weighted by atomic mass is 16.5. The van der Waals surface area contributed by atoms with E-state index in [0.29, 0.717) is 18.2 Å². The Bertz CT molecular complexity index is 490. The van der Waals surface area contributed by atoms with Gasteiger partial charge in [-0.2, -0.15) is 0 Å². The Morgan fingerprint density at radius 3 is 2.71 bits per heavy atom. The average Bonchev–Trinajstić information content (AvgIpc) is 3.01. The number of likely N-dealkylation sites (tertiary alicyclic amines) is 1. The lowest BCUT2D eigenvalue weighted by Crippen LogP contribution is -2.22. The summed E-state index contributed by atoms with van der Waals surface area (Å²) in [6.07, 6.45) is 5.97. The first kappa shape index (κ1) is 14.5. The van der Waals surface area contributed by atoms with E-state index in [2.05, 4.69) is 15.2 Å². The van der Waals surface area contributed by atoms with Crippen molar-refractivity contribution in [3.8, 4) is 0 Å². The Morgan fingerprint density at radius 1 is 1.29 bits per heavy atom. The molecule has 3 rings (SSSR count). The minimum atomic E-state index is -0.329. The van der Waals surface area contributed by atoms with E-state index in [9.17, 15) is 4.79 Å². The summed E-state index contributed by atoms with van der Waals surface area (Å²) in [5, 5.41) is 8.26. The fourth-order valence-electron chi connectivity index (χ4n) is 3.04. The monoisotopic (exact) mass is 292 g/mol. The highest BCUT2D eigenvalue weighted by Gasteiger charge is 2.34. The first-order valence-electron chi connectivity index (χ1n) is 8.12. The summed E-state index contributed by atoms with van der Waals surface area (Å²) in [5.74, 6) is 0.122. The predicted molar refractivity (Wildman–Crippen MR) is 78.2 cm³/mol. The number of ether oxygens (including phenoxy) is 1. The normalized spacial score (nSPS) is 19.1. The van der Waals surface area contributed by atoms with Gasteiger partial charge in [0.15, 0.2) is 5.69 Å². The Labute approximate surface area is 125 Å². The second kappa shape index (κ2) is 6.56. The van der Waals surface area contributed by atoms with Gasteiger partial charge in [-0.1, -0.05) is 5.21 Å². The second-order valence-electron chi connectivity index (χ2n) is 5.94. The van der Waals surface area contributed by atoms with E-state index in [1.165, 1.54) is 25.9 Å².